The maximum Gasteiger partial charge on any atom is 0.407 e. The Hall–Kier alpha value is -7.08. The molecule has 1 saturated carbocycles. The standard InChI is InChI=1S/C49H50F2N8O8/c1-24(2)40(56-48(62)64-3)46(61)59-36-17-29(36)18-38(59)43-52-20-35(54-43)28-10-12-31-30(15-28)23-66-39-19-32-27(16-33(31)39)11-13-34-42(32)55-44(53-34)37-14-25(22-67-47(50)51)21-58(37)45(60)41(57-49(63)65-4)26-8-6-5-7-9-26/h5-13,15-16,19-20,24-25,29,36-38,40-41,47H,14,17-18,21-23H2,1-4H3,(H,52,54)(H,53,55)(H,56,62)(H,57,63)/t25?,29-,36-,37+,38+,40+,41-/m1/s1. The fourth-order valence-electron chi connectivity index (χ4n) is 10.2. The van der Waals surface area contributed by atoms with E-state index in [9.17, 15) is 28.0 Å². The van der Waals surface area contributed by atoms with Crippen molar-refractivity contribution in [3.63, 3.8) is 0 Å². The van der Waals surface area contributed by atoms with Crippen LogP contribution in [0, 0.1) is 17.8 Å². The lowest BCUT2D eigenvalue weighted by Gasteiger charge is -2.31. The van der Waals surface area contributed by atoms with E-state index in [1.807, 2.05) is 43.0 Å². The van der Waals surface area contributed by atoms with Crippen LogP contribution in [0.15, 0.2) is 79.0 Å². The van der Waals surface area contributed by atoms with Gasteiger partial charge < -0.3 is 49.3 Å². The highest BCUT2D eigenvalue weighted by Crippen LogP contribution is 2.53. The molecule has 0 radical (unpaired) electrons. The highest BCUT2D eigenvalue weighted by atomic mass is 19.3. The van der Waals surface area contributed by atoms with Gasteiger partial charge in [0.1, 0.15) is 36.1 Å². The van der Waals surface area contributed by atoms with Crippen molar-refractivity contribution < 1.29 is 46.9 Å². The summed E-state index contributed by atoms with van der Waals surface area (Å²) in [5.74, 6) is 1.11. The summed E-state index contributed by atoms with van der Waals surface area (Å²) < 4.78 is 47.2. The summed E-state index contributed by atoms with van der Waals surface area (Å²) in [5.41, 5.74) is 6.56. The van der Waals surface area contributed by atoms with Crippen molar-refractivity contribution in [2.24, 2.45) is 17.8 Å². The zero-order valence-electron chi connectivity index (χ0n) is 37.3. The van der Waals surface area contributed by atoms with Gasteiger partial charge in [-0.15, -0.1) is 0 Å². The van der Waals surface area contributed by atoms with Crippen molar-refractivity contribution in [2.45, 2.75) is 76.5 Å². The number of halogens is 2. The molecule has 4 aliphatic rings. The van der Waals surface area contributed by atoms with E-state index in [-0.39, 0.29) is 37.1 Å². The molecule has 348 valence electrons. The van der Waals surface area contributed by atoms with Crippen molar-refractivity contribution >= 4 is 45.8 Å². The maximum absolute atomic E-state index is 14.4. The van der Waals surface area contributed by atoms with Crippen molar-refractivity contribution in [2.75, 3.05) is 27.4 Å². The van der Waals surface area contributed by atoms with Gasteiger partial charge in [-0.1, -0.05) is 62.4 Å². The third-order valence-electron chi connectivity index (χ3n) is 13.6. The van der Waals surface area contributed by atoms with Crippen molar-refractivity contribution in [1.29, 1.82) is 0 Å². The maximum atomic E-state index is 14.4. The molecule has 18 heteroatoms. The Labute approximate surface area is 383 Å². The van der Waals surface area contributed by atoms with Crippen molar-refractivity contribution in [3.05, 3.63) is 102 Å². The van der Waals surface area contributed by atoms with Gasteiger partial charge in [-0.05, 0) is 83.0 Å². The molecule has 4 aromatic carbocycles. The molecular weight excluding hydrogens is 867 g/mol. The number of hydrogen-bond acceptors (Lipinski definition) is 10. The number of H-pyrrole nitrogens is 2. The third-order valence-corrected chi connectivity index (χ3v) is 13.6. The number of alkyl halides is 2. The number of ether oxygens (including phenoxy) is 4. The SMILES string of the molecule is COC(=O)N[C@H](C(=O)N1[C@@H]2C[C@@H]2C[C@H]1c1ncc(-c2ccc3c(c2)COc2cc4c(ccc5[nH]c([C@@H]6CC(COC(F)F)CN6C(=O)[C@H](NC(=O)OC)c6ccccc6)nc54)cc2-3)[nH]1)C(C)C. The third kappa shape index (κ3) is 8.27. The highest BCUT2D eigenvalue weighted by Gasteiger charge is 2.56. The molecule has 3 aliphatic heterocycles. The molecule has 2 saturated heterocycles. The second-order valence-electron chi connectivity index (χ2n) is 18.1. The number of aromatic amines is 2. The number of amides is 4. The fraction of sp³-hybridized carbons (Fsp3) is 0.388. The van der Waals surface area contributed by atoms with Crippen LogP contribution in [0.5, 0.6) is 5.75 Å². The van der Waals surface area contributed by atoms with Gasteiger partial charge in [0, 0.05) is 29.5 Å². The number of rotatable bonds is 12. The lowest BCUT2D eigenvalue weighted by Crippen LogP contribution is -2.52. The Balaban J connectivity index is 0.917. The minimum absolute atomic E-state index is 0.0989. The Kier molecular flexibility index (Phi) is 11.5. The Morgan fingerprint density at radius 1 is 0.866 bits per heavy atom. The summed E-state index contributed by atoms with van der Waals surface area (Å²) in [5, 5.41) is 7.11. The summed E-state index contributed by atoms with van der Waals surface area (Å²) in [7, 11) is 2.50. The number of hydrogen-bond donors (Lipinski definition) is 4. The number of alkyl carbamates (subject to hydrolysis) is 2. The minimum Gasteiger partial charge on any atom is -0.488 e. The van der Waals surface area contributed by atoms with Gasteiger partial charge in [0.2, 0.25) is 5.91 Å². The average molecular weight is 917 g/mol. The molecular formula is C49H50F2N8O8. The Bertz CT molecular complexity index is 2890. The Morgan fingerprint density at radius 3 is 2.42 bits per heavy atom. The van der Waals surface area contributed by atoms with Crippen LogP contribution in [0.2, 0.25) is 0 Å². The van der Waals surface area contributed by atoms with Crippen molar-refractivity contribution in [3.8, 4) is 28.1 Å². The van der Waals surface area contributed by atoms with Gasteiger partial charge in [0.05, 0.1) is 55.8 Å². The van der Waals surface area contributed by atoms with Crippen LogP contribution in [0.1, 0.15) is 74.0 Å². The van der Waals surface area contributed by atoms with E-state index in [0.29, 0.717) is 52.9 Å². The number of carbonyl (C=O) groups is 4. The van der Waals surface area contributed by atoms with Gasteiger partial charge in [-0.2, -0.15) is 8.78 Å². The largest absolute Gasteiger partial charge is 0.488 e. The van der Waals surface area contributed by atoms with Gasteiger partial charge in [-0.25, -0.2) is 19.6 Å². The van der Waals surface area contributed by atoms with E-state index >= 15 is 0 Å². The van der Waals surface area contributed by atoms with Crippen molar-refractivity contribution in [1.82, 2.24) is 40.4 Å². The number of piperidine rings is 1. The molecule has 67 heavy (non-hydrogen) atoms. The monoisotopic (exact) mass is 916 g/mol. The van der Waals surface area contributed by atoms with Crippen LogP contribution in [0.3, 0.4) is 0 Å². The first kappa shape index (κ1) is 43.8. The normalized spacial score (nSPS) is 21.4. The number of nitrogens with one attached hydrogen (secondary N) is 4. The highest BCUT2D eigenvalue weighted by molar-refractivity contribution is 6.07. The first-order chi connectivity index (χ1) is 32.4. The summed E-state index contributed by atoms with van der Waals surface area (Å²) in [6.07, 6.45) is 2.39. The molecule has 2 aromatic heterocycles. The van der Waals surface area contributed by atoms with Gasteiger partial charge in [0.15, 0.2) is 0 Å². The lowest BCUT2D eigenvalue weighted by molar-refractivity contribution is -0.139. The molecule has 3 fully saturated rings. The van der Waals surface area contributed by atoms with Crippen LogP contribution in [-0.4, -0.2) is 99.8 Å². The first-order valence-corrected chi connectivity index (χ1v) is 22.4. The van der Waals surface area contributed by atoms with Gasteiger partial charge >= 0.3 is 18.8 Å². The molecule has 7 atom stereocenters. The molecule has 4 amide bonds. The molecule has 6 aromatic rings. The summed E-state index contributed by atoms with van der Waals surface area (Å²) in [4.78, 5) is 73.1. The van der Waals surface area contributed by atoms with Gasteiger partial charge in [0.25, 0.3) is 5.91 Å². The number of methoxy groups -OCH3 is 2. The number of imidazole rings is 2. The van der Waals surface area contributed by atoms with Crippen LogP contribution >= 0.6 is 0 Å². The molecule has 1 unspecified atom stereocenters. The second kappa shape index (κ2) is 17.6. The fourth-order valence-corrected chi connectivity index (χ4v) is 10.2. The van der Waals surface area contributed by atoms with E-state index in [2.05, 4.69) is 38.8 Å². The van der Waals surface area contributed by atoms with E-state index < -0.39 is 48.7 Å². The molecule has 10 rings (SSSR count). The molecule has 0 spiro atoms. The molecule has 0 bridgehead atoms. The predicted octanol–water partition coefficient (Wildman–Crippen LogP) is 7.93. The summed E-state index contributed by atoms with van der Waals surface area (Å²) in [6.45, 7) is 0.980. The topological polar surface area (TPSA) is 193 Å². The molecule has 1 aliphatic carbocycles. The number of benzene rings is 4. The number of likely N-dealkylation sites (tertiary alicyclic amines) is 2. The summed E-state index contributed by atoms with van der Waals surface area (Å²) >= 11 is 0. The van der Waals surface area contributed by atoms with Crippen LogP contribution < -0.4 is 15.4 Å². The zero-order valence-corrected chi connectivity index (χ0v) is 37.3. The number of aromatic nitrogens is 4. The molecule has 16 nitrogen and oxygen atoms in total. The Morgan fingerprint density at radius 2 is 1.66 bits per heavy atom. The van der Waals surface area contributed by atoms with Crippen LogP contribution in [-0.2, 0) is 30.4 Å². The lowest BCUT2D eigenvalue weighted by atomic mass is 9.92. The van der Waals surface area contributed by atoms with E-state index in [0.717, 1.165) is 51.6 Å². The average Bonchev–Trinajstić information content (AvgIpc) is 3.81. The van der Waals surface area contributed by atoms with E-state index in [1.165, 1.54) is 14.2 Å². The minimum atomic E-state index is -2.97. The number of nitrogens with zero attached hydrogens (tertiary/aromatic N) is 4. The molecule has 5 heterocycles. The van der Waals surface area contributed by atoms with E-state index in [4.69, 9.17) is 28.9 Å². The smallest absolute Gasteiger partial charge is 0.407 e. The van der Waals surface area contributed by atoms with E-state index in [1.54, 1.807) is 41.4 Å². The summed E-state index contributed by atoms with van der Waals surface area (Å²) in [6, 6.07) is 20.3. The second-order valence-corrected chi connectivity index (χ2v) is 18.1. The first-order valence-electron chi connectivity index (χ1n) is 22.4. The van der Waals surface area contributed by atoms with Gasteiger partial charge in [-0.3, -0.25) is 9.59 Å². The number of fused-ring (bicyclic) bond motifs is 7. The zero-order chi connectivity index (χ0) is 46.7. The van der Waals surface area contributed by atoms with Crippen LogP contribution in [0.4, 0.5) is 18.4 Å². The van der Waals surface area contributed by atoms with Crippen LogP contribution in [0.25, 0.3) is 44.2 Å². The predicted molar refractivity (Wildman–Crippen MR) is 240 cm³/mol. The number of carbonyl (C=O) groups excluding carboxylic acids is 4. The quantitative estimate of drug-likeness (QED) is 0.0937. The molecule has 4 N–H and O–H groups in total.